The number of nitrogens with zero attached hydrogens (tertiary/aromatic N) is 4. The van der Waals surface area contributed by atoms with Gasteiger partial charge in [0, 0.05) is 26.4 Å². The highest BCUT2D eigenvalue weighted by atomic mass is 32.2. The van der Waals surface area contributed by atoms with Gasteiger partial charge in [-0.3, -0.25) is 4.68 Å². The predicted molar refractivity (Wildman–Crippen MR) is 73.9 cm³/mol. The Labute approximate surface area is 110 Å². The fraction of sp³-hybridized carbons (Fsp3) is 0.364. The minimum absolute atomic E-state index is 0.648. The van der Waals surface area contributed by atoms with Crippen molar-refractivity contribution >= 4 is 23.4 Å². The van der Waals surface area contributed by atoms with Crippen molar-refractivity contribution in [3.63, 3.8) is 0 Å². The van der Waals surface area contributed by atoms with E-state index >= 15 is 0 Å². The van der Waals surface area contributed by atoms with E-state index in [1.54, 1.807) is 4.68 Å². The van der Waals surface area contributed by atoms with Gasteiger partial charge in [0.15, 0.2) is 5.16 Å². The van der Waals surface area contributed by atoms with Gasteiger partial charge in [-0.2, -0.15) is 5.10 Å². The number of hydrogen-bond acceptors (Lipinski definition) is 6. The quantitative estimate of drug-likeness (QED) is 0.631. The Hall–Kier alpha value is -1.76. The number of thioether (sulfide) groups is 1. The molecule has 0 aliphatic carbocycles. The van der Waals surface area contributed by atoms with Crippen LogP contribution in [-0.4, -0.2) is 33.1 Å². The van der Waals surface area contributed by atoms with Gasteiger partial charge in [-0.25, -0.2) is 9.97 Å². The summed E-state index contributed by atoms with van der Waals surface area (Å²) >= 11 is 1.52. The standard InChI is InChI=1S/C11H16N6S/c1-12-9-6-10(15-11(14-9)18-3)13-7-8-4-5-17(2)16-8/h4-6H,7H2,1-3H3,(H2,12,13,14,15). The molecule has 2 aromatic heterocycles. The Bertz CT molecular complexity index is 502. The van der Waals surface area contributed by atoms with Gasteiger partial charge in [-0.1, -0.05) is 11.8 Å². The van der Waals surface area contributed by atoms with Gasteiger partial charge in [0.2, 0.25) is 0 Å². The zero-order valence-electron chi connectivity index (χ0n) is 10.6. The zero-order valence-corrected chi connectivity index (χ0v) is 11.5. The molecular weight excluding hydrogens is 248 g/mol. The van der Waals surface area contributed by atoms with Crippen LogP contribution < -0.4 is 10.6 Å². The van der Waals surface area contributed by atoms with E-state index in [0.29, 0.717) is 6.54 Å². The molecule has 96 valence electrons. The summed E-state index contributed by atoms with van der Waals surface area (Å²) in [6.07, 6.45) is 3.88. The maximum atomic E-state index is 4.39. The largest absolute Gasteiger partial charge is 0.373 e. The molecule has 0 aliphatic rings. The normalized spacial score (nSPS) is 10.4. The smallest absolute Gasteiger partial charge is 0.191 e. The molecule has 2 rings (SSSR count). The molecule has 0 radical (unpaired) electrons. The summed E-state index contributed by atoms with van der Waals surface area (Å²) in [5, 5.41) is 11.3. The van der Waals surface area contributed by atoms with E-state index in [1.807, 2.05) is 38.7 Å². The van der Waals surface area contributed by atoms with E-state index in [0.717, 1.165) is 22.5 Å². The molecule has 0 saturated carbocycles. The van der Waals surface area contributed by atoms with Crippen molar-refractivity contribution in [2.45, 2.75) is 11.7 Å². The van der Waals surface area contributed by atoms with Crippen LogP contribution in [0.1, 0.15) is 5.69 Å². The van der Waals surface area contributed by atoms with Crippen molar-refractivity contribution in [2.24, 2.45) is 7.05 Å². The van der Waals surface area contributed by atoms with Crippen molar-refractivity contribution in [1.82, 2.24) is 19.7 Å². The van der Waals surface area contributed by atoms with Crippen molar-refractivity contribution in [3.8, 4) is 0 Å². The second-order valence-corrected chi connectivity index (χ2v) is 4.48. The first-order valence-corrected chi connectivity index (χ1v) is 6.77. The Morgan fingerprint density at radius 2 is 2.11 bits per heavy atom. The lowest BCUT2D eigenvalue weighted by Crippen LogP contribution is -2.05. The van der Waals surface area contributed by atoms with E-state index in [-0.39, 0.29) is 0 Å². The molecular formula is C11H16N6S. The summed E-state index contributed by atoms with van der Waals surface area (Å²) in [4.78, 5) is 8.70. The van der Waals surface area contributed by atoms with Gasteiger partial charge >= 0.3 is 0 Å². The minimum atomic E-state index is 0.648. The molecule has 18 heavy (non-hydrogen) atoms. The molecule has 2 heterocycles. The van der Waals surface area contributed by atoms with Crippen LogP contribution >= 0.6 is 11.8 Å². The molecule has 0 fully saturated rings. The van der Waals surface area contributed by atoms with E-state index in [1.165, 1.54) is 11.8 Å². The lowest BCUT2D eigenvalue weighted by atomic mass is 10.4. The number of hydrogen-bond donors (Lipinski definition) is 2. The van der Waals surface area contributed by atoms with Crippen LogP contribution in [-0.2, 0) is 13.6 Å². The third-order valence-corrected chi connectivity index (χ3v) is 2.91. The first-order valence-electron chi connectivity index (χ1n) is 5.54. The zero-order chi connectivity index (χ0) is 13.0. The number of aryl methyl sites for hydroxylation is 1. The van der Waals surface area contributed by atoms with Crippen molar-refractivity contribution in [3.05, 3.63) is 24.0 Å². The molecule has 0 atom stereocenters. The van der Waals surface area contributed by atoms with Crippen LogP contribution in [0.5, 0.6) is 0 Å². The minimum Gasteiger partial charge on any atom is -0.373 e. The summed E-state index contributed by atoms with van der Waals surface area (Å²) in [6.45, 7) is 0.648. The lowest BCUT2D eigenvalue weighted by Gasteiger charge is -2.07. The third kappa shape index (κ3) is 3.13. The van der Waals surface area contributed by atoms with Crippen LogP contribution in [0.15, 0.2) is 23.5 Å². The number of aromatic nitrogens is 4. The molecule has 7 heteroatoms. The highest BCUT2D eigenvalue weighted by Crippen LogP contribution is 2.17. The van der Waals surface area contributed by atoms with E-state index < -0.39 is 0 Å². The van der Waals surface area contributed by atoms with Gasteiger partial charge in [0.05, 0.1) is 12.2 Å². The molecule has 0 aromatic carbocycles. The summed E-state index contributed by atoms with van der Waals surface area (Å²) in [5.41, 5.74) is 0.979. The van der Waals surface area contributed by atoms with Crippen LogP contribution in [0.3, 0.4) is 0 Å². The average Bonchev–Trinajstić information content (AvgIpc) is 2.81. The highest BCUT2D eigenvalue weighted by molar-refractivity contribution is 7.98. The van der Waals surface area contributed by atoms with Crippen molar-refractivity contribution in [1.29, 1.82) is 0 Å². The van der Waals surface area contributed by atoms with E-state index in [2.05, 4.69) is 25.7 Å². The van der Waals surface area contributed by atoms with Gasteiger partial charge < -0.3 is 10.6 Å². The molecule has 0 saturated heterocycles. The van der Waals surface area contributed by atoms with E-state index in [9.17, 15) is 0 Å². The molecule has 0 amide bonds. The summed E-state index contributed by atoms with van der Waals surface area (Å²) in [5.74, 6) is 1.60. The first kappa shape index (κ1) is 12.7. The van der Waals surface area contributed by atoms with Crippen LogP contribution in [0.2, 0.25) is 0 Å². The van der Waals surface area contributed by atoms with Crippen LogP contribution in [0.4, 0.5) is 11.6 Å². The summed E-state index contributed by atoms with van der Waals surface area (Å²) in [6, 6.07) is 3.85. The van der Waals surface area contributed by atoms with Gasteiger partial charge in [-0.15, -0.1) is 0 Å². The third-order valence-electron chi connectivity index (χ3n) is 2.36. The Balaban J connectivity index is 2.08. The van der Waals surface area contributed by atoms with Crippen LogP contribution in [0, 0.1) is 0 Å². The molecule has 0 aliphatic heterocycles. The second kappa shape index (κ2) is 5.72. The molecule has 0 unspecified atom stereocenters. The van der Waals surface area contributed by atoms with Gasteiger partial charge in [0.25, 0.3) is 0 Å². The topological polar surface area (TPSA) is 67.7 Å². The molecule has 6 nitrogen and oxygen atoms in total. The lowest BCUT2D eigenvalue weighted by molar-refractivity contribution is 0.746. The SMILES string of the molecule is CNc1cc(NCc2ccn(C)n2)nc(SC)n1. The Morgan fingerprint density at radius 3 is 2.72 bits per heavy atom. The van der Waals surface area contributed by atoms with Crippen molar-refractivity contribution in [2.75, 3.05) is 23.9 Å². The second-order valence-electron chi connectivity index (χ2n) is 3.71. The summed E-state index contributed by atoms with van der Waals surface area (Å²) in [7, 11) is 3.74. The molecule has 0 spiro atoms. The van der Waals surface area contributed by atoms with Crippen LogP contribution in [0.25, 0.3) is 0 Å². The number of rotatable bonds is 5. The maximum absolute atomic E-state index is 4.39. The van der Waals surface area contributed by atoms with Gasteiger partial charge in [-0.05, 0) is 12.3 Å². The Morgan fingerprint density at radius 1 is 1.33 bits per heavy atom. The highest BCUT2D eigenvalue weighted by Gasteiger charge is 2.03. The van der Waals surface area contributed by atoms with E-state index in [4.69, 9.17) is 0 Å². The summed E-state index contributed by atoms with van der Waals surface area (Å²) < 4.78 is 1.78. The fourth-order valence-corrected chi connectivity index (χ4v) is 1.85. The molecule has 2 N–H and O–H groups in total. The number of anilines is 2. The first-order chi connectivity index (χ1) is 8.71. The molecule has 2 aromatic rings. The maximum Gasteiger partial charge on any atom is 0.191 e. The molecule has 0 bridgehead atoms. The average molecular weight is 264 g/mol. The predicted octanol–water partition coefficient (Wildman–Crippen LogP) is 1.59. The van der Waals surface area contributed by atoms with Crippen molar-refractivity contribution < 1.29 is 0 Å². The fourth-order valence-electron chi connectivity index (χ4n) is 1.47. The van der Waals surface area contributed by atoms with Gasteiger partial charge in [0.1, 0.15) is 11.6 Å². The number of nitrogens with one attached hydrogen (secondary N) is 2. The Kier molecular flexibility index (Phi) is 4.03. The monoisotopic (exact) mass is 264 g/mol.